The summed E-state index contributed by atoms with van der Waals surface area (Å²) >= 11 is 5.83. The Balaban J connectivity index is 1.68. The van der Waals surface area contributed by atoms with Crippen LogP contribution in [0.5, 0.6) is 0 Å². The van der Waals surface area contributed by atoms with Crippen molar-refractivity contribution >= 4 is 21.6 Å². The average Bonchev–Trinajstić information content (AvgIpc) is 3.06. The Morgan fingerprint density at radius 1 is 1.17 bits per heavy atom. The Labute approximate surface area is 146 Å². The van der Waals surface area contributed by atoms with Crippen molar-refractivity contribution in [2.75, 3.05) is 13.1 Å². The van der Waals surface area contributed by atoms with Crippen molar-refractivity contribution in [1.82, 2.24) is 14.5 Å². The van der Waals surface area contributed by atoms with Crippen molar-refractivity contribution in [3.05, 3.63) is 41.1 Å². The van der Waals surface area contributed by atoms with E-state index in [1.54, 1.807) is 12.1 Å². The van der Waals surface area contributed by atoms with Gasteiger partial charge in [0.2, 0.25) is 21.8 Å². The van der Waals surface area contributed by atoms with Crippen LogP contribution in [0.1, 0.15) is 50.3 Å². The van der Waals surface area contributed by atoms with Crippen LogP contribution in [0.25, 0.3) is 0 Å². The third kappa shape index (κ3) is 3.48. The zero-order valence-corrected chi connectivity index (χ0v) is 15.2. The largest absolute Gasteiger partial charge is 0.425 e. The highest BCUT2D eigenvalue weighted by Crippen LogP contribution is 2.31. The number of nitrogens with zero attached hydrogens (tertiary/aromatic N) is 3. The Morgan fingerprint density at radius 2 is 1.79 bits per heavy atom. The summed E-state index contributed by atoms with van der Waals surface area (Å²) in [6, 6.07) is 6.26. The number of hydrogen-bond donors (Lipinski definition) is 0. The highest BCUT2D eigenvalue weighted by atomic mass is 35.5. The Bertz CT molecular complexity index is 794. The van der Waals surface area contributed by atoms with Crippen LogP contribution in [0.15, 0.2) is 33.6 Å². The van der Waals surface area contributed by atoms with Gasteiger partial charge in [0, 0.05) is 29.9 Å². The van der Waals surface area contributed by atoms with Crippen LogP contribution in [0.2, 0.25) is 5.02 Å². The molecule has 3 rings (SSSR count). The third-order valence-corrected chi connectivity index (χ3v) is 6.37. The highest BCUT2D eigenvalue weighted by Gasteiger charge is 2.32. The number of benzene rings is 1. The van der Waals surface area contributed by atoms with Crippen molar-refractivity contribution in [3.63, 3.8) is 0 Å². The monoisotopic (exact) mass is 369 g/mol. The smallest absolute Gasteiger partial charge is 0.243 e. The fourth-order valence-corrected chi connectivity index (χ4v) is 4.34. The van der Waals surface area contributed by atoms with Crippen molar-refractivity contribution in [2.45, 2.75) is 43.4 Å². The highest BCUT2D eigenvalue weighted by molar-refractivity contribution is 7.89. The zero-order valence-electron chi connectivity index (χ0n) is 13.6. The van der Waals surface area contributed by atoms with Gasteiger partial charge in [-0.15, -0.1) is 10.2 Å². The van der Waals surface area contributed by atoms with Gasteiger partial charge in [0.05, 0.1) is 4.90 Å². The molecule has 0 unspecified atom stereocenters. The standard InChI is InChI=1S/C16H20ClN3O3S/c1-11(2)15-18-19-16(23-15)12-7-9-20(10-8-12)24(21,22)14-5-3-13(17)4-6-14/h3-6,11-12H,7-10H2,1-2H3. The SMILES string of the molecule is CC(C)c1nnc(C2CCN(S(=O)(=O)c3ccc(Cl)cc3)CC2)o1. The first-order chi connectivity index (χ1) is 11.4. The molecule has 24 heavy (non-hydrogen) atoms. The van der Waals surface area contributed by atoms with Crippen molar-refractivity contribution in [3.8, 4) is 0 Å². The van der Waals surface area contributed by atoms with Gasteiger partial charge in [-0.3, -0.25) is 0 Å². The van der Waals surface area contributed by atoms with E-state index in [0.29, 0.717) is 42.7 Å². The molecule has 130 valence electrons. The first-order valence-electron chi connectivity index (χ1n) is 7.97. The van der Waals surface area contributed by atoms with Crippen molar-refractivity contribution in [2.24, 2.45) is 0 Å². The van der Waals surface area contributed by atoms with Gasteiger partial charge in [-0.05, 0) is 37.1 Å². The summed E-state index contributed by atoms with van der Waals surface area (Å²) in [6.07, 6.45) is 1.35. The quantitative estimate of drug-likeness (QED) is 0.825. The minimum atomic E-state index is -3.48. The Morgan fingerprint density at radius 3 is 2.33 bits per heavy atom. The lowest BCUT2D eigenvalue weighted by Crippen LogP contribution is -2.37. The molecule has 2 aromatic rings. The second kappa shape index (κ2) is 6.82. The maximum Gasteiger partial charge on any atom is 0.243 e. The van der Waals surface area contributed by atoms with Crippen LogP contribution in [-0.4, -0.2) is 36.0 Å². The van der Waals surface area contributed by atoms with E-state index in [2.05, 4.69) is 10.2 Å². The molecule has 1 aromatic heterocycles. The van der Waals surface area contributed by atoms with E-state index in [1.807, 2.05) is 13.8 Å². The molecule has 1 saturated heterocycles. The molecule has 6 nitrogen and oxygen atoms in total. The van der Waals surface area contributed by atoms with Gasteiger partial charge in [0.1, 0.15) is 0 Å². The summed E-state index contributed by atoms with van der Waals surface area (Å²) in [7, 11) is -3.48. The van der Waals surface area contributed by atoms with E-state index < -0.39 is 10.0 Å². The first-order valence-corrected chi connectivity index (χ1v) is 9.78. The molecule has 1 aliphatic rings. The molecular weight excluding hydrogens is 350 g/mol. The third-order valence-electron chi connectivity index (χ3n) is 4.20. The molecule has 0 spiro atoms. The van der Waals surface area contributed by atoms with Crippen LogP contribution in [-0.2, 0) is 10.0 Å². The van der Waals surface area contributed by atoms with Crippen molar-refractivity contribution in [1.29, 1.82) is 0 Å². The average molecular weight is 370 g/mol. The summed E-state index contributed by atoms with van der Waals surface area (Å²) < 4.78 is 32.5. The molecule has 0 bridgehead atoms. The molecule has 1 aromatic carbocycles. The van der Waals surface area contributed by atoms with Gasteiger partial charge in [0.25, 0.3) is 0 Å². The predicted octanol–water partition coefficient (Wildman–Crippen LogP) is 3.41. The van der Waals surface area contributed by atoms with Crippen LogP contribution >= 0.6 is 11.6 Å². The maximum atomic E-state index is 12.7. The topological polar surface area (TPSA) is 76.3 Å². The van der Waals surface area contributed by atoms with Gasteiger partial charge >= 0.3 is 0 Å². The number of rotatable bonds is 4. The Kier molecular flexibility index (Phi) is 4.94. The summed E-state index contributed by atoms with van der Waals surface area (Å²) in [5, 5.41) is 8.69. The number of hydrogen-bond acceptors (Lipinski definition) is 5. The molecule has 0 amide bonds. The fourth-order valence-electron chi connectivity index (χ4n) is 2.74. The normalized spacial score (nSPS) is 17.5. The van der Waals surface area contributed by atoms with E-state index in [9.17, 15) is 8.42 Å². The summed E-state index contributed by atoms with van der Waals surface area (Å²) in [5.41, 5.74) is 0. The van der Waals surface area contributed by atoms with Crippen LogP contribution in [0, 0.1) is 0 Å². The van der Waals surface area contributed by atoms with E-state index >= 15 is 0 Å². The number of piperidine rings is 1. The van der Waals surface area contributed by atoms with Crippen LogP contribution in [0.3, 0.4) is 0 Å². The van der Waals surface area contributed by atoms with Crippen molar-refractivity contribution < 1.29 is 12.8 Å². The lowest BCUT2D eigenvalue weighted by molar-refractivity contribution is 0.285. The summed E-state index contributed by atoms with van der Waals surface area (Å²) in [4.78, 5) is 0.269. The molecule has 0 radical (unpaired) electrons. The number of aromatic nitrogens is 2. The van der Waals surface area contributed by atoms with E-state index in [1.165, 1.54) is 16.4 Å². The summed E-state index contributed by atoms with van der Waals surface area (Å²) in [6.45, 7) is 4.88. The first kappa shape index (κ1) is 17.4. The molecule has 1 aliphatic heterocycles. The predicted molar refractivity (Wildman–Crippen MR) is 90.6 cm³/mol. The lowest BCUT2D eigenvalue weighted by atomic mass is 9.98. The second-order valence-corrected chi connectivity index (χ2v) is 8.64. The second-order valence-electron chi connectivity index (χ2n) is 6.27. The van der Waals surface area contributed by atoms with Gasteiger partial charge in [0.15, 0.2) is 0 Å². The fraction of sp³-hybridized carbons (Fsp3) is 0.500. The van der Waals surface area contributed by atoms with Gasteiger partial charge in [-0.1, -0.05) is 25.4 Å². The lowest BCUT2D eigenvalue weighted by Gasteiger charge is -2.29. The molecule has 2 heterocycles. The Hall–Kier alpha value is -1.44. The molecular formula is C16H20ClN3O3S. The van der Waals surface area contributed by atoms with E-state index in [0.717, 1.165) is 0 Å². The molecule has 0 aliphatic carbocycles. The number of sulfonamides is 1. The van der Waals surface area contributed by atoms with Crippen LogP contribution < -0.4 is 0 Å². The molecule has 1 fully saturated rings. The minimum Gasteiger partial charge on any atom is -0.425 e. The molecule has 0 N–H and O–H groups in total. The summed E-state index contributed by atoms with van der Waals surface area (Å²) in [5.74, 6) is 1.54. The zero-order chi connectivity index (χ0) is 17.3. The van der Waals surface area contributed by atoms with Gasteiger partial charge in [-0.2, -0.15) is 4.31 Å². The van der Waals surface area contributed by atoms with E-state index in [-0.39, 0.29) is 16.7 Å². The van der Waals surface area contributed by atoms with E-state index in [4.69, 9.17) is 16.0 Å². The molecule has 8 heteroatoms. The molecule has 0 saturated carbocycles. The maximum absolute atomic E-state index is 12.7. The number of halogens is 1. The van der Waals surface area contributed by atoms with Crippen LogP contribution in [0.4, 0.5) is 0 Å². The minimum absolute atomic E-state index is 0.113. The van der Waals surface area contributed by atoms with Gasteiger partial charge in [-0.25, -0.2) is 8.42 Å². The molecule has 0 atom stereocenters. The van der Waals surface area contributed by atoms with Gasteiger partial charge < -0.3 is 4.42 Å².